The Kier molecular flexibility index (Phi) is 3.77. The van der Waals surface area contributed by atoms with Gasteiger partial charge in [0.2, 0.25) is 0 Å². The minimum Gasteiger partial charge on any atom is -0.507 e. The number of ketones is 1. The quantitative estimate of drug-likeness (QED) is 0.510. The molecule has 1 heterocycles. The van der Waals surface area contributed by atoms with Crippen LogP contribution < -0.4 is 0 Å². The van der Waals surface area contributed by atoms with Gasteiger partial charge in [-0.25, -0.2) is 4.79 Å². The van der Waals surface area contributed by atoms with Crippen molar-refractivity contribution >= 4 is 28.8 Å². The number of carboxylic acid groups (broad SMARTS) is 1. The number of aliphatic hydroxyl groups excluding tert-OH is 1. The van der Waals surface area contributed by atoms with Crippen LogP contribution in [-0.4, -0.2) is 22.0 Å². The summed E-state index contributed by atoms with van der Waals surface area (Å²) in [6.07, 6.45) is 0.707. The van der Waals surface area contributed by atoms with E-state index < -0.39 is 11.8 Å². The molecule has 2 rings (SSSR count). The van der Waals surface area contributed by atoms with Gasteiger partial charge in [0.05, 0.1) is 0 Å². The first kappa shape index (κ1) is 13.0. The third-order valence-corrected chi connectivity index (χ3v) is 3.41. The van der Waals surface area contributed by atoms with Gasteiger partial charge in [-0.15, -0.1) is 11.3 Å². The number of carbonyl (C=O) groups excluding carboxylic acids is 1. The summed E-state index contributed by atoms with van der Waals surface area (Å²) < 4.78 is 0. The van der Waals surface area contributed by atoms with Crippen molar-refractivity contribution in [3.63, 3.8) is 0 Å². The Morgan fingerprint density at radius 1 is 1.11 bits per heavy atom. The van der Waals surface area contributed by atoms with Gasteiger partial charge in [-0.3, -0.25) is 4.79 Å². The smallest absolute Gasteiger partial charge is 0.376 e. The Bertz CT molecular complexity index is 640. The highest BCUT2D eigenvalue weighted by Gasteiger charge is 2.12. The van der Waals surface area contributed by atoms with Gasteiger partial charge in [0.15, 0.2) is 0 Å². The fourth-order valence-corrected chi connectivity index (χ4v) is 2.40. The number of hydrogen-bond acceptors (Lipinski definition) is 4. The molecule has 0 aliphatic carbocycles. The van der Waals surface area contributed by atoms with Crippen molar-refractivity contribution in [3.05, 3.63) is 53.4 Å². The third-order valence-electron chi connectivity index (χ3n) is 2.43. The Balaban J connectivity index is 2.27. The molecular formula is C14H10O4S. The summed E-state index contributed by atoms with van der Waals surface area (Å²) in [5.74, 6) is -3.08. The summed E-state index contributed by atoms with van der Waals surface area (Å²) in [6, 6.07) is 11.3. The molecule has 0 spiro atoms. The van der Waals surface area contributed by atoms with E-state index in [0.29, 0.717) is 11.6 Å². The van der Waals surface area contributed by atoms with Crippen LogP contribution in [0.5, 0.6) is 0 Å². The van der Waals surface area contributed by atoms with Gasteiger partial charge >= 0.3 is 5.97 Å². The van der Waals surface area contributed by atoms with E-state index in [1.807, 2.05) is 30.3 Å². The zero-order chi connectivity index (χ0) is 13.8. The number of carbonyl (C=O) groups is 2. The van der Waals surface area contributed by atoms with Crippen molar-refractivity contribution in [2.75, 3.05) is 0 Å². The number of thiophene rings is 1. The van der Waals surface area contributed by atoms with Crippen LogP contribution in [0.2, 0.25) is 0 Å². The number of aliphatic carboxylic acids is 1. The summed E-state index contributed by atoms with van der Waals surface area (Å²) in [4.78, 5) is 22.3. The SMILES string of the molecule is O=C(O)C(=O)C=C(O)c1csc(-c2ccccc2)c1. The summed E-state index contributed by atoms with van der Waals surface area (Å²) in [7, 11) is 0. The van der Waals surface area contributed by atoms with Crippen LogP contribution in [0.1, 0.15) is 5.56 Å². The first-order valence-electron chi connectivity index (χ1n) is 5.40. The normalized spacial score (nSPS) is 11.3. The monoisotopic (exact) mass is 274 g/mol. The lowest BCUT2D eigenvalue weighted by molar-refractivity contribution is -0.146. The summed E-state index contributed by atoms with van der Waals surface area (Å²) in [5.41, 5.74) is 1.43. The largest absolute Gasteiger partial charge is 0.507 e. The Labute approximate surface area is 113 Å². The first-order valence-corrected chi connectivity index (χ1v) is 6.28. The molecule has 0 saturated carbocycles. The summed E-state index contributed by atoms with van der Waals surface area (Å²) >= 11 is 1.41. The minimum absolute atomic E-state index is 0.342. The van der Waals surface area contributed by atoms with Gasteiger partial charge in [-0.05, 0) is 11.6 Å². The van der Waals surface area contributed by atoms with E-state index in [1.165, 1.54) is 11.3 Å². The van der Waals surface area contributed by atoms with Crippen molar-refractivity contribution in [1.29, 1.82) is 0 Å². The Morgan fingerprint density at radius 3 is 2.42 bits per heavy atom. The van der Waals surface area contributed by atoms with E-state index in [-0.39, 0.29) is 5.76 Å². The maximum atomic E-state index is 11.0. The topological polar surface area (TPSA) is 74.6 Å². The van der Waals surface area contributed by atoms with Gasteiger partial charge in [0, 0.05) is 21.9 Å². The highest BCUT2D eigenvalue weighted by Crippen LogP contribution is 2.29. The molecule has 0 aliphatic rings. The zero-order valence-corrected chi connectivity index (χ0v) is 10.6. The molecule has 5 heteroatoms. The number of benzene rings is 1. The van der Waals surface area contributed by atoms with E-state index in [1.54, 1.807) is 11.4 Å². The zero-order valence-electron chi connectivity index (χ0n) is 9.74. The lowest BCUT2D eigenvalue weighted by atomic mass is 10.1. The highest BCUT2D eigenvalue weighted by molar-refractivity contribution is 7.13. The Morgan fingerprint density at radius 2 is 1.79 bits per heavy atom. The van der Waals surface area contributed by atoms with Crippen molar-refractivity contribution < 1.29 is 19.8 Å². The molecule has 1 aromatic carbocycles. The van der Waals surface area contributed by atoms with E-state index in [2.05, 4.69) is 0 Å². The molecule has 0 bridgehead atoms. The molecule has 0 fully saturated rings. The molecule has 0 amide bonds. The average molecular weight is 274 g/mol. The molecule has 4 nitrogen and oxygen atoms in total. The average Bonchev–Trinajstić information content (AvgIpc) is 2.89. The van der Waals surface area contributed by atoms with Crippen molar-refractivity contribution in [3.8, 4) is 10.4 Å². The van der Waals surface area contributed by atoms with Crippen molar-refractivity contribution in [1.82, 2.24) is 0 Å². The summed E-state index contributed by atoms with van der Waals surface area (Å²) in [5, 5.41) is 19.8. The number of carboxylic acids is 1. The van der Waals surface area contributed by atoms with Gasteiger partial charge in [0.1, 0.15) is 5.76 Å². The van der Waals surface area contributed by atoms with Gasteiger partial charge in [-0.2, -0.15) is 0 Å². The van der Waals surface area contributed by atoms with Crippen LogP contribution >= 0.6 is 11.3 Å². The molecular weight excluding hydrogens is 264 g/mol. The molecule has 0 radical (unpaired) electrons. The van der Waals surface area contributed by atoms with Crippen LogP contribution in [0.4, 0.5) is 0 Å². The maximum absolute atomic E-state index is 11.0. The second-order valence-corrected chi connectivity index (χ2v) is 4.68. The second kappa shape index (κ2) is 5.49. The Hall–Kier alpha value is -2.40. The minimum atomic E-state index is -1.59. The van der Waals surface area contributed by atoms with E-state index >= 15 is 0 Å². The fourth-order valence-electron chi connectivity index (χ4n) is 1.49. The van der Waals surface area contributed by atoms with Crippen LogP contribution in [0, 0.1) is 0 Å². The molecule has 0 aliphatic heterocycles. The maximum Gasteiger partial charge on any atom is 0.376 e. The second-order valence-electron chi connectivity index (χ2n) is 3.76. The molecule has 96 valence electrons. The van der Waals surface area contributed by atoms with Crippen LogP contribution in [0.3, 0.4) is 0 Å². The van der Waals surface area contributed by atoms with Crippen LogP contribution in [-0.2, 0) is 9.59 Å². The predicted molar refractivity (Wildman–Crippen MR) is 73.0 cm³/mol. The molecule has 0 atom stereocenters. The standard InChI is InChI=1S/C14H10O4S/c15-11(7-12(16)14(17)18)10-6-13(19-8-10)9-4-2-1-3-5-9/h1-8,15H,(H,17,18). The predicted octanol–water partition coefficient (Wildman–Crippen LogP) is 2.97. The van der Waals surface area contributed by atoms with E-state index in [0.717, 1.165) is 10.4 Å². The third kappa shape index (κ3) is 3.08. The first-order chi connectivity index (χ1) is 9.08. The molecule has 0 unspecified atom stereocenters. The number of hydrogen-bond donors (Lipinski definition) is 2. The molecule has 19 heavy (non-hydrogen) atoms. The van der Waals surface area contributed by atoms with Gasteiger partial charge < -0.3 is 10.2 Å². The number of rotatable bonds is 4. The number of aliphatic hydroxyl groups is 1. The van der Waals surface area contributed by atoms with Crippen molar-refractivity contribution in [2.45, 2.75) is 0 Å². The summed E-state index contributed by atoms with van der Waals surface area (Å²) in [6.45, 7) is 0. The van der Waals surface area contributed by atoms with Crippen LogP contribution in [0.25, 0.3) is 16.2 Å². The van der Waals surface area contributed by atoms with E-state index in [9.17, 15) is 14.7 Å². The molecule has 0 saturated heterocycles. The fraction of sp³-hybridized carbons (Fsp3) is 0. The lowest BCUT2D eigenvalue weighted by Crippen LogP contribution is -2.09. The van der Waals surface area contributed by atoms with Crippen LogP contribution in [0.15, 0.2) is 47.9 Å². The van der Waals surface area contributed by atoms with E-state index in [4.69, 9.17) is 5.11 Å². The van der Waals surface area contributed by atoms with Crippen molar-refractivity contribution in [2.24, 2.45) is 0 Å². The highest BCUT2D eigenvalue weighted by atomic mass is 32.1. The lowest BCUT2D eigenvalue weighted by Gasteiger charge is -1.95. The molecule has 2 aromatic rings. The van der Waals surface area contributed by atoms with Gasteiger partial charge in [-0.1, -0.05) is 30.3 Å². The molecule has 2 N–H and O–H groups in total. The molecule has 1 aromatic heterocycles. The van der Waals surface area contributed by atoms with Gasteiger partial charge in [0.25, 0.3) is 5.78 Å².